The summed E-state index contributed by atoms with van der Waals surface area (Å²) in [6.07, 6.45) is 1.14. The van der Waals surface area contributed by atoms with E-state index in [1.165, 1.54) is 18.2 Å². The van der Waals surface area contributed by atoms with Crippen LogP contribution in [-0.2, 0) is 16.2 Å². The molecule has 1 saturated heterocycles. The van der Waals surface area contributed by atoms with E-state index in [-0.39, 0.29) is 30.4 Å². The number of halogens is 2. The average molecular weight is 486 g/mol. The number of oxime groups is 1. The lowest BCUT2D eigenvalue weighted by atomic mass is 9.97. The molecule has 0 spiro atoms. The number of aryl methyl sites for hydroxylation is 2. The van der Waals surface area contributed by atoms with Gasteiger partial charge in [0.15, 0.2) is 6.10 Å². The molecule has 1 atom stereocenters. The molecular formula is C24H25F2N5O2S. The van der Waals surface area contributed by atoms with Gasteiger partial charge in [-0.1, -0.05) is 11.2 Å². The molecular weight excluding hydrogens is 460 g/mol. The normalized spacial score (nSPS) is 18.8. The van der Waals surface area contributed by atoms with E-state index in [4.69, 9.17) is 9.82 Å². The molecule has 1 aromatic carbocycles. The van der Waals surface area contributed by atoms with E-state index in [1.54, 1.807) is 16.0 Å². The fourth-order valence-electron chi connectivity index (χ4n) is 4.55. The van der Waals surface area contributed by atoms with Gasteiger partial charge in [-0.2, -0.15) is 5.10 Å². The number of nitrogens with zero attached hydrogens (tertiary/aromatic N) is 5. The Kier molecular flexibility index (Phi) is 6.16. The first-order valence-electron chi connectivity index (χ1n) is 11.3. The summed E-state index contributed by atoms with van der Waals surface area (Å²) in [5, 5.41) is 11.3. The van der Waals surface area contributed by atoms with Crippen molar-refractivity contribution in [1.82, 2.24) is 19.7 Å². The minimum absolute atomic E-state index is 0.0772. The maximum Gasteiger partial charge on any atom is 0.244 e. The molecule has 4 heterocycles. The van der Waals surface area contributed by atoms with Crippen LogP contribution in [0.5, 0.6) is 0 Å². The van der Waals surface area contributed by atoms with Crippen LogP contribution in [0, 0.1) is 25.5 Å². The van der Waals surface area contributed by atoms with Gasteiger partial charge in [0.05, 0.1) is 22.0 Å². The highest BCUT2D eigenvalue weighted by Crippen LogP contribution is 2.35. The van der Waals surface area contributed by atoms with Crippen molar-refractivity contribution in [3.05, 3.63) is 68.9 Å². The number of hydrogen-bond donors (Lipinski definition) is 0. The summed E-state index contributed by atoms with van der Waals surface area (Å²) < 4.78 is 29.9. The van der Waals surface area contributed by atoms with Gasteiger partial charge in [-0.05, 0) is 44.9 Å². The van der Waals surface area contributed by atoms with Crippen molar-refractivity contribution in [2.45, 2.75) is 51.7 Å². The number of benzene rings is 1. The number of rotatable bonds is 5. The van der Waals surface area contributed by atoms with E-state index in [1.807, 2.05) is 30.2 Å². The molecule has 2 aromatic heterocycles. The molecule has 0 bridgehead atoms. The van der Waals surface area contributed by atoms with Crippen LogP contribution in [0.1, 0.15) is 58.9 Å². The van der Waals surface area contributed by atoms with E-state index < -0.39 is 17.7 Å². The summed E-state index contributed by atoms with van der Waals surface area (Å²) in [5.41, 5.74) is 3.06. The Hall–Kier alpha value is -3.14. The van der Waals surface area contributed by atoms with Gasteiger partial charge in [-0.25, -0.2) is 13.8 Å². The molecule has 2 aliphatic heterocycles. The summed E-state index contributed by atoms with van der Waals surface area (Å²) in [5.74, 6) is -0.938. The van der Waals surface area contributed by atoms with Crippen molar-refractivity contribution in [2.75, 3.05) is 13.1 Å². The summed E-state index contributed by atoms with van der Waals surface area (Å²) in [6.45, 7) is 5.49. The zero-order valence-electron chi connectivity index (χ0n) is 19.0. The molecule has 34 heavy (non-hydrogen) atoms. The van der Waals surface area contributed by atoms with E-state index in [0.29, 0.717) is 24.5 Å². The van der Waals surface area contributed by atoms with Crippen LogP contribution >= 0.6 is 11.3 Å². The highest BCUT2D eigenvalue weighted by molar-refractivity contribution is 7.10. The molecule has 3 aromatic rings. The van der Waals surface area contributed by atoms with Gasteiger partial charge in [-0.15, -0.1) is 11.3 Å². The minimum atomic E-state index is -0.794. The number of likely N-dealkylation sites (tertiary alicyclic amines) is 1. The zero-order chi connectivity index (χ0) is 23.8. The molecule has 0 N–H and O–H groups in total. The molecule has 7 nitrogen and oxygen atoms in total. The highest BCUT2D eigenvalue weighted by Gasteiger charge is 2.31. The van der Waals surface area contributed by atoms with Crippen LogP contribution in [-0.4, -0.2) is 44.4 Å². The Morgan fingerprint density at radius 2 is 1.94 bits per heavy atom. The van der Waals surface area contributed by atoms with Gasteiger partial charge in [-0.3, -0.25) is 9.48 Å². The largest absolute Gasteiger partial charge is 0.387 e. The topological polar surface area (TPSA) is 72.6 Å². The Morgan fingerprint density at radius 1 is 1.21 bits per heavy atom. The lowest BCUT2D eigenvalue weighted by Gasteiger charge is -2.31. The number of hydrogen-bond acceptors (Lipinski definition) is 6. The fourth-order valence-corrected chi connectivity index (χ4v) is 5.55. The van der Waals surface area contributed by atoms with E-state index in [0.717, 1.165) is 29.2 Å². The summed E-state index contributed by atoms with van der Waals surface area (Å²) in [7, 11) is 0. The molecule has 1 amide bonds. The van der Waals surface area contributed by atoms with E-state index >= 15 is 0 Å². The summed E-state index contributed by atoms with van der Waals surface area (Å²) in [6, 6.07) is 5.73. The average Bonchev–Trinajstić information content (AvgIpc) is 3.54. The van der Waals surface area contributed by atoms with Gasteiger partial charge in [0.1, 0.15) is 23.9 Å². The lowest BCUT2D eigenvalue weighted by Crippen LogP contribution is -2.40. The Labute approximate surface area is 200 Å². The Bertz CT molecular complexity index is 1230. The van der Waals surface area contributed by atoms with Crippen LogP contribution in [0.2, 0.25) is 0 Å². The third-order valence-electron chi connectivity index (χ3n) is 6.39. The van der Waals surface area contributed by atoms with E-state index in [9.17, 15) is 13.6 Å². The predicted octanol–water partition coefficient (Wildman–Crippen LogP) is 4.51. The third kappa shape index (κ3) is 4.46. The maximum atomic E-state index is 14.1. The Balaban J connectivity index is 1.18. The van der Waals surface area contributed by atoms with Gasteiger partial charge < -0.3 is 9.74 Å². The first-order chi connectivity index (χ1) is 16.4. The second-order valence-corrected chi connectivity index (χ2v) is 9.67. The van der Waals surface area contributed by atoms with Crippen molar-refractivity contribution in [1.29, 1.82) is 0 Å². The van der Waals surface area contributed by atoms with Gasteiger partial charge in [0.2, 0.25) is 5.91 Å². The number of carbonyl (C=O) groups excluding carboxylic acids is 1. The van der Waals surface area contributed by atoms with Gasteiger partial charge >= 0.3 is 0 Å². The van der Waals surface area contributed by atoms with Gasteiger partial charge in [0, 0.05) is 36.5 Å². The third-order valence-corrected chi connectivity index (χ3v) is 7.40. The van der Waals surface area contributed by atoms with Crippen molar-refractivity contribution < 1.29 is 18.4 Å². The fraction of sp³-hybridized carbons (Fsp3) is 0.417. The molecule has 0 saturated carbocycles. The second kappa shape index (κ2) is 9.25. The number of amides is 1. The Morgan fingerprint density at radius 3 is 2.62 bits per heavy atom. The minimum Gasteiger partial charge on any atom is -0.387 e. The predicted molar refractivity (Wildman–Crippen MR) is 124 cm³/mol. The first kappa shape index (κ1) is 22.6. The van der Waals surface area contributed by atoms with Crippen molar-refractivity contribution in [2.24, 2.45) is 5.16 Å². The smallest absolute Gasteiger partial charge is 0.244 e. The summed E-state index contributed by atoms with van der Waals surface area (Å²) in [4.78, 5) is 24.7. The molecule has 0 radical (unpaired) electrons. The first-order valence-corrected chi connectivity index (χ1v) is 12.2. The monoisotopic (exact) mass is 485 g/mol. The SMILES string of the molecule is Cc1cc(C)n(CC(=O)N2CCC(c3nc(C4=NOC(c5c(F)cccc5F)C4)cs3)CC2)n1. The van der Waals surface area contributed by atoms with Crippen molar-refractivity contribution >= 4 is 23.0 Å². The molecule has 5 rings (SSSR count). The van der Waals surface area contributed by atoms with Crippen LogP contribution in [0.3, 0.4) is 0 Å². The molecule has 2 aliphatic rings. The van der Waals surface area contributed by atoms with Crippen molar-refractivity contribution in [3.63, 3.8) is 0 Å². The van der Waals surface area contributed by atoms with Crippen molar-refractivity contribution in [3.8, 4) is 0 Å². The van der Waals surface area contributed by atoms with E-state index in [2.05, 4.69) is 10.3 Å². The van der Waals surface area contributed by atoms with Crippen LogP contribution < -0.4 is 0 Å². The molecule has 10 heteroatoms. The standard InChI is InChI=1S/C24H25F2N5O2S/c1-14-10-15(2)31(28-14)12-22(32)30-8-6-16(7-9-30)24-27-20(13-34-24)19-11-21(33-29-19)23-17(25)4-3-5-18(23)26/h3-5,10,13,16,21H,6-9,11-12H2,1-2H3. The number of aromatic nitrogens is 3. The zero-order valence-corrected chi connectivity index (χ0v) is 19.8. The number of carbonyl (C=O) groups is 1. The molecule has 1 fully saturated rings. The summed E-state index contributed by atoms with van der Waals surface area (Å²) >= 11 is 1.55. The van der Waals surface area contributed by atoms with Crippen LogP contribution in [0.25, 0.3) is 0 Å². The second-order valence-electron chi connectivity index (χ2n) is 8.78. The van der Waals surface area contributed by atoms with Crippen LogP contribution in [0.4, 0.5) is 8.78 Å². The quantitative estimate of drug-likeness (QED) is 0.533. The molecule has 0 aliphatic carbocycles. The maximum absolute atomic E-state index is 14.1. The molecule has 178 valence electrons. The molecule has 1 unspecified atom stereocenters. The number of piperidine rings is 1. The lowest BCUT2D eigenvalue weighted by molar-refractivity contribution is -0.133. The van der Waals surface area contributed by atoms with Crippen LogP contribution in [0.15, 0.2) is 34.8 Å². The highest BCUT2D eigenvalue weighted by atomic mass is 32.1. The number of thiazole rings is 1. The van der Waals surface area contributed by atoms with Gasteiger partial charge in [0.25, 0.3) is 0 Å².